The number of H-pyrrole nitrogens is 1. The van der Waals surface area contributed by atoms with Crippen LogP contribution in [-0.2, 0) is 15.8 Å². The standard InChI is InChI=1S/C16H14F3N5O4/c1-28-9-4-2-8(3-5-9)24-13(25)7-11(15(24)27)21-23-14(26)10-6-12(22-20-10)16(17,18)19/h2-6,11,21H,7H2,1H3,(H,20,22)(H,23,26)/t11-/m0/s1. The quantitative estimate of drug-likeness (QED) is 0.512. The summed E-state index contributed by atoms with van der Waals surface area (Å²) in [6.07, 6.45) is -4.91. The Morgan fingerprint density at radius 2 is 1.96 bits per heavy atom. The summed E-state index contributed by atoms with van der Waals surface area (Å²) in [6.45, 7) is 0. The van der Waals surface area contributed by atoms with E-state index in [0.717, 1.165) is 4.90 Å². The molecule has 1 aromatic carbocycles. The van der Waals surface area contributed by atoms with Crippen molar-refractivity contribution in [2.45, 2.75) is 18.6 Å². The molecule has 0 aliphatic carbocycles. The van der Waals surface area contributed by atoms with E-state index in [2.05, 4.69) is 16.0 Å². The van der Waals surface area contributed by atoms with Crippen LogP contribution in [0.15, 0.2) is 30.3 Å². The van der Waals surface area contributed by atoms with Crippen LogP contribution in [0.3, 0.4) is 0 Å². The summed E-state index contributed by atoms with van der Waals surface area (Å²) < 4.78 is 42.6. The molecule has 1 aromatic heterocycles. The highest BCUT2D eigenvalue weighted by molar-refractivity contribution is 6.22. The molecule has 0 bridgehead atoms. The van der Waals surface area contributed by atoms with Gasteiger partial charge in [-0.2, -0.15) is 18.3 Å². The zero-order valence-corrected chi connectivity index (χ0v) is 14.3. The van der Waals surface area contributed by atoms with Gasteiger partial charge in [-0.05, 0) is 24.3 Å². The first-order chi connectivity index (χ1) is 13.2. The summed E-state index contributed by atoms with van der Waals surface area (Å²) in [5, 5.41) is 4.97. The van der Waals surface area contributed by atoms with Crippen molar-refractivity contribution in [1.82, 2.24) is 21.0 Å². The number of carbonyl (C=O) groups is 3. The normalized spacial score (nSPS) is 17.1. The van der Waals surface area contributed by atoms with Crippen LogP contribution in [0.2, 0.25) is 0 Å². The number of benzene rings is 1. The fraction of sp³-hybridized carbons (Fsp3) is 0.250. The number of methoxy groups -OCH3 is 1. The first-order valence-corrected chi connectivity index (χ1v) is 7.90. The number of alkyl halides is 3. The van der Waals surface area contributed by atoms with E-state index >= 15 is 0 Å². The average Bonchev–Trinajstić information content (AvgIpc) is 3.25. The van der Waals surface area contributed by atoms with Gasteiger partial charge in [0.05, 0.1) is 19.2 Å². The summed E-state index contributed by atoms with van der Waals surface area (Å²) in [6, 6.07) is 5.67. The highest BCUT2D eigenvalue weighted by atomic mass is 19.4. The molecule has 1 fully saturated rings. The number of nitrogens with zero attached hydrogens (tertiary/aromatic N) is 2. The Labute approximate surface area is 155 Å². The number of anilines is 1. The summed E-state index contributed by atoms with van der Waals surface area (Å²) in [4.78, 5) is 37.5. The molecular formula is C16H14F3N5O4. The Bertz CT molecular complexity index is 910. The predicted molar refractivity (Wildman–Crippen MR) is 88.1 cm³/mol. The van der Waals surface area contributed by atoms with Crippen LogP contribution in [0.25, 0.3) is 0 Å². The molecule has 9 nitrogen and oxygen atoms in total. The van der Waals surface area contributed by atoms with E-state index in [4.69, 9.17) is 4.74 Å². The minimum absolute atomic E-state index is 0.237. The molecule has 0 spiro atoms. The monoisotopic (exact) mass is 397 g/mol. The van der Waals surface area contributed by atoms with Crippen molar-refractivity contribution in [3.63, 3.8) is 0 Å². The lowest BCUT2D eigenvalue weighted by atomic mass is 10.2. The van der Waals surface area contributed by atoms with Gasteiger partial charge in [-0.25, -0.2) is 10.3 Å². The van der Waals surface area contributed by atoms with Gasteiger partial charge in [-0.3, -0.25) is 24.9 Å². The number of hydrogen-bond acceptors (Lipinski definition) is 6. The summed E-state index contributed by atoms with van der Waals surface area (Å²) in [5.41, 5.74) is 3.07. The molecule has 148 valence electrons. The molecule has 2 aromatic rings. The molecule has 28 heavy (non-hydrogen) atoms. The minimum atomic E-state index is -4.67. The molecule has 0 unspecified atom stereocenters. The lowest BCUT2D eigenvalue weighted by molar-refractivity contribution is -0.141. The predicted octanol–water partition coefficient (Wildman–Crippen LogP) is 1.00. The molecule has 0 radical (unpaired) electrons. The average molecular weight is 397 g/mol. The fourth-order valence-electron chi connectivity index (χ4n) is 2.55. The molecule has 12 heteroatoms. The topological polar surface area (TPSA) is 116 Å². The van der Waals surface area contributed by atoms with Gasteiger partial charge in [0.15, 0.2) is 5.69 Å². The van der Waals surface area contributed by atoms with Gasteiger partial charge < -0.3 is 4.74 Å². The van der Waals surface area contributed by atoms with E-state index in [1.54, 1.807) is 17.2 Å². The van der Waals surface area contributed by atoms with Crippen molar-refractivity contribution >= 4 is 23.4 Å². The second-order valence-electron chi connectivity index (χ2n) is 5.79. The van der Waals surface area contributed by atoms with E-state index in [-0.39, 0.29) is 6.42 Å². The zero-order chi connectivity index (χ0) is 20.5. The summed E-state index contributed by atoms with van der Waals surface area (Å²) in [7, 11) is 1.47. The van der Waals surface area contributed by atoms with Gasteiger partial charge in [0.1, 0.15) is 17.5 Å². The van der Waals surface area contributed by atoms with Gasteiger partial charge in [0, 0.05) is 6.07 Å². The third-order valence-electron chi connectivity index (χ3n) is 3.95. The van der Waals surface area contributed by atoms with Crippen LogP contribution in [0.5, 0.6) is 5.75 Å². The van der Waals surface area contributed by atoms with Crippen LogP contribution in [0, 0.1) is 0 Å². The van der Waals surface area contributed by atoms with Gasteiger partial charge in [-0.1, -0.05) is 0 Å². The molecule has 3 amide bonds. The lowest BCUT2D eigenvalue weighted by Gasteiger charge is -2.16. The van der Waals surface area contributed by atoms with Crippen LogP contribution < -0.4 is 20.5 Å². The molecule has 3 rings (SSSR count). The molecule has 1 saturated heterocycles. The first-order valence-electron chi connectivity index (χ1n) is 7.90. The van der Waals surface area contributed by atoms with Gasteiger partial charge in [0.2, 0.25) is 5.91 Å². The Kier molecular flexibility index (Phi) is 5.05. The molecular weight excluding hydrogens is 383 g/mol. The maximum absolute atomic E-state index is 12.5. The molecule has 3 N–H and O–H groups in total. The largest absolute Gasteiger partial charge is 0.497 e. The number of imide groups is 1. The second kappa shape index (κ2) is 7.31. The third kappa shape index (κ3) is 3.81. The molecule has 2 heterocycles. The number of amides is 3. The van der Waals surface area contributed by atoms with E-state index in [0.29, 0.717) is 17.5 Å². The number of nitrogens with one attached hydrogen (secondary N) is 3. The number of rotatable bonds is 5. The number of halogens is 3. The van der Waals surface area contributed by atoms with Crippen LogP contribution >= 0.6 is 0 Å². The number of ether oxygens (including phenoxy) is 1. The van der Waals surface area contributed by atoms with E-state index in [1.807, 2.05) is 0 Å². The Morgan fingerprint density at radius 1 is 1.29 bits per heavy atom. The van der Waals surface area contributed by atoms with Crippen molar-refractivity contribution in [3.05, 3.63) is 41.7 Å². The van der Waals surface area contributed by atoms with Crippen molar-refractivity contribution in [2.75, 3.05) is 12.0 Å². The maximum atomic E-state index is 12.5. The summed E-state index contributed by atoms with van der Waals surface area (Å²) >= 11 is 0. The molecule has 1 aliphatic heterocycles. The highest BCUT2D eigenvalue weighted by Gasteiger charge is 2.40. The lowest BCUT2D eigenvalue weighted by Crippen LogP contribution is -2.48. The second-order valence-corrected chi connectivity index (χ2v) is 5.79. The Morgan fingerprint density at radius 3 is 2.54 bits per heavy atom. The van der Waals surface area contributed by atoms with Crippen molar-refractivity contribution in [3.8, 4) is 5.75 Å². The van der Waals surface area contributed by atoms with Crippen LogP contribution in [0.4, 0.5) is 18.9 Å². The van der Waals surface area contributed by atoms with Crippen LogP contribution in [0.1, 0.15) is 22.6 Å². The highest BCUT2D eigenvalue weighted by Crippen LogP contribution is 2.28. The molecule has 1 aliphatic rings. The van der Waals surface area contributed by atoms with E-state index in [1.165, 1.54) is 19.2 Å². The zero-order valence-electron chi connectivity index (χ0n) is 14.3. The van der Waals surface area contributed by atoms with Gasteiger partial charge in [-0.15, -0.1) is 0 Å². The fourth-order valence-corrected chi connectivity index (χ4v) is 2.55. The molecule has 1 atom stereocenters. The Balaban J connectivity index is 1.63. The van der Waals surface area contributed by atoms with Crippen molar-refractivity contribution < 1.29 is 32.3 Å². The number of hydrogen-bond donors (Lipinski definition) is 3. The van der Waals surface area contributed by atoms with Gasteiger partial charge >= 0.3 is 6.18 Å². The van der Waals surface area contributed by atoms with E-state index < -0.39 is 41.3 Å². The first kappa shape index (κ1) is 19.4. The SMILES string of the molecule is COc1ccc(N2C(=O)C[C@H](NNC(=O)c3cc(C(F)(F)F)[nH]n3)C2=O)cc1. The smallest absolute Gasteiger partial charge is 0.432 e. The number of aromatic amines is 1. The molecule has 0 saturated carbocycles. The van der Waals surface area contributed by atoms with Crippen molar-refractivity contribution in [2.24, 2.45) is 0 Å². The van der Waals surface area contributed by atoms with Crippen molar-refractivity contribution in [1.29, 1.82) is 0 Å². The third-order valence-corrected chi connectivity index (χ3v) is 3.95. The number of aromatic nitrogens is 2. The number of hydrazine groups is 1. The summed E-state index contributed by atoms with van der Waals surface area (Å²) in [5.74, 6) is -1.56. The van der Waals surface area contributed by atoms with Gasteiger partial charge in [0.25, 0.3) is 11.8 Å². The Hall–Kier alpha value is -3.41. The van der Waals surface area contributed by atoms with E-state index in [9.17, 15) is 27.6 Å². The van der Waals surface area contributed by atoms with Crippen LogP contribution in [-0.4, -0.2) is 41.1 Å². The number of carbonyl (C=O) groups excluding carboxylic acids is 3. The maximum Gasteiger partial charge on any atom is 0.432 e. The minimum Gasteiger partial charge on any atom is -0.497 e.